The van der Waals surface area contributed by atoms with Crippen LogP contribution in [0.25, 0.3) is 0 Å². The summed E-state index contributed by atoms with van der Waals surface area (Å²) < 4.78 is 5.37. The highest BCUT2D eigenvalue weighted by atomic mass is 16.5. The van der Waals surface area contributed by atoms with Crippen molar-refractivity contribution in [2.75, 3.05) is 13.2 Å². The van der Waals surface area contributed by atoms with E-state index >= 15 is 0 Å². The third-order valence-corrected chi connectivity index (χ3v) is 2.37. The van der Waals surface area contributed by atoms with Crippen molar-refractivity contribution in [3.8, 4) is 5.75 Å². The van der Waals surface area contributed by atoms with Crippen LogP contribution in [0.15, 0.2) is 18.2 Å². The summed E-state index contributed by atoms with van der Waals surface area (Å²) in [6.07, 6.45) is -0.840. The Bertz CT molecular complexity index is 339. The van der Waals surface area contributed by atoms with E-state index in [1.54, 1.807) is 0 Å². The van der Waals surface area contributed by atoms with Crippen LogP contribution in [-0.4, -0.2) is 29.5 Å². The minimum atomic E-state index is -0.840. The van der Waals surface area contributed by atoms with E-state index in [0.717, 1.165) is 11.1 Å². The predicted molar refractivity (Wildman–Crippen MR) is 62.4 cm³/mol. The van der Waals surface area contributed by atoms with E-state index in [-0.39, 0.29) is 19.3 Å². The van der Waals surface area contributed by atoms with Gasteiger partial charge >= 0.3 is 0 Å². The van der Waals surface area contributed by atoms with Crippen LogP contribution in [0.1, 0.15) is 24.1 Å². The molecule has 0 aliphatic carbocycles. The molecular formula is C12H19NO3. The first kappa shape index (κ1) is 13.0. The van der Waals surface area contributed by atoms with Crippen molar-refractivity contribution in [1.82, 2.24) is 0 Å². The van der Waals surface area contributed by atoms with E-state index in [9.17, 15) is 0 Å². The number of hydrogen-bond donors (Lipinski definition) is 3. The Kier molecular flexibility index (Phi) is 4.73. The largest absolute Gasteiger partial charge is 0.491 e. The van der Waals surface area contributed by atoms with Gasteiger partial charge in [0.1, 0.15) is 18.5 Å². The highest BCUT2D eigenvalue weighted by Crippen LogP contribution is 2.21. The standard InChI is InChI=1S/C12H19NO3/c1-8-5-10(9(2)13)3-4-12(8)16-7-11(15)6-14/h3-5,9,11,14-15H,6-7,13H2,1-2H3. The number of benzene rings is 1. The minimum absolute atomic E-state index is 0.00391. The molecule has 16 heavy (non-hydrogen) atoms. The van der Waals surface area contributed by atoms with Crippen LogP contribution in [-0.2, 0) is 0 Å². The van der Waals surface area contributed by atoms with Crippen molar-refractivity contribution in [2.24, 2.45) is 5.73 Å². The maximum absolute atomic E-state index is 9.16. The fourth-order valence-electron chi connectivity index (χ4n) is 1.36. The number of aliphatic hydroxyl groups is 2. The van der Waals surface area contributed by atoms with Gasteiger partial charge in [0.2, 0.25) is 0 Å². The highest BCUT2D eigenvalue weighted by Gasteiger charge is 2.07. The van der Waals surface area contributed by atoms with E-state index in [2.05, 4.69) is 0 Å². The third kappa shape index (κ3) is 3.48. The summed E-state index contributed by atoms with van der Waals surface area (Å²) in [6.45, 7) is 3.64. The molecule has 0 radical (unpaired) electrons. The Morgan fingerprint density at radius 2 is 2.12 bits per heavy atom. The highest BCUT2D eigenvalue weighted by molar-refractivity contribution is 5.37. The van der Waals surface area contributed by atoms with E-state index < -0.39 is 6.10 Å². The minimum Gasteiger partial charge on any atom is -0.491 e. The van der Waals surface area contributed by atoms with Gasteiger partial charge in [-0.25, -0.2) is 0 Å². The van der Waals surface area contributed by atoms with Crippen molar-refractivity contribution in [3.63, 3.8) is 0 Å². The summed E-state index contributed by atoms with van der Waals surface area (Å²) in [7, 11) is 0. The first-order valence-corrected chi connectivity index (χ1v) is 5.32. The number of aliphatic hydroxyl groups excluding tert-OH is 2. The second kappa shape index (κ2) is 5.84. The van der Waals surface area contributed by atoms with Crippen molar-refractivity contribution in [3.05, 3.63) is 29.3 Å². The molecule has 0 saturated heterocycles. The first-order valence-electron chi connectivity index (χ1n) is 5.32. The molecule has 90 valence electrons. The number of ether oxygens (including phenoxy) is 1. The van der Waals surface area contributed by atoms with Crippen molar-refractivity contribution in [1.29, 1.82) is 0 Å². The molecule has 0 amide bonds. The van der Waals surface area contributed by atoms with Gasteiger partial charge in [-0.3, -0.25) is 0 Å². The Morgan fingerprint density at radius 3 is 2.62 bits per heavy atom. The van der Waals surface area contributed by atoms with Crippen LogP contribution in [0, 0.1) is 6.92 Å². The normalized spacial score (nSPS) is 14.6. The molecule has 4 nitrogen and oxygen atoms in total. The van der Waals surface area contributed by atoms with Crippen LogP contribution < -0.4 is 10.5 Å². The SMILES string of the molecule is Cc1cc(C(C)N)ccc1OCC(O)CO. The Hall–Kier alpha value is -1.10. The summed E-state index contributed by atoms with van der Waals surface area (Å²) >= 11 is 0. The summed E-state index contributed by atoms with van der Waals surface area (Å²) in [5.41, 5.74) is 7.78. The maximum atomic E-state index is 9.16. The van der Waals surface area contributed by atoms with E-state index in [1.165, 1.54) is 0 Å². The molecule has 0 saturated carbocycles. The average Bonchev–Trinajstić information content (AvgIpc) is 2.26. The second-order valence-corrected chi connectivity index (χ2v) is 3.96. The third-order valence-electron chi connectivity index (χ3n) is 2.37. The fourth-order valence-corrected chi connectivity index (χ4v) is 1.36. The summed E-state index contributed by atoms with van der Waals surface area (Å²) in [5, 5.41) is 17.8. The molecule has 1 aromatic carbocycles. The van der Waals surface area contributed by atoms with Crippen molar-refractivity contribution >= 4 is 0 Å². The van der Waals surface area contributed by atoms with E-state index in [1.807, 2.05) is 32.0 Å². The molecule has 2 atom stereocenters. The molecular weight excluding hydrogens is 206 g/mol. The van der Waals surface area contributed by atoms with Crippen molar-refractivity contribution in [2.45, 2.75) is 26.0 Å². The zero-order valence-electron chi connectivity index (χ0n) is 9.68. The van der Waals surface area contributed by atoms with Crippen LogP contribution >= 0.6 is 0 Å². The molecule has 1 rings (SSSR count). The molecule has 0 aliphatic rings. The van der Waals surface area contributed by atoms with Gasteiger partial charge in [-0.1, -0.05) is 12.1 Å². The lowest BCUT2D eigenvalue weighted by atomic mass is 10.1. The molecule has 0 fully saturated rings. The van der Waals surface area contributed by atoms with Gasteiger partial charge in [0, 0.05) is 6.04 Å². The molecule has 0 heterocycles. The van der Waals surface area contributed by atoms with Gasteiger partial charge in [0.25, 0.3) is 0 Å². The molecule has 0 aromatic heterocycles. The first-order chi connectivity index (χ1) is 7.54. The van der Waals surface area contributed by atoms with Gasteiger partial charge in [0.05, 0.1) is 6.61 Å². The van der Waals surface area contributed by atoms with E-state index in [4.69, 9.17) is 20.7 Å². The quantitative estimate of drug-likeness (QED) is 0.691. The topological polar surface area (TPSA) is 75.7 Å². The molecule has 2 unspecified atom stereocenters. The number of nitrogens with two attached hydrogens (primary N) is 1. The zero-order chi connectivity index (χ0) is 12.1. The Morgan fingerprint density at radius 1 is 1.44 bits per heavy atom. The predicted octanol–water partition coefficient (Wildman–Crippen LogP) is 0.747. The maximum Gasteiger partial charge on any atom is 0.122 e. The molecule has 4 heteroatoms. The van der Waals surface area contributed by atoms with Crippen LogP contribution in [0.2, 0.25) is 0 Å². The number of aryl methyl sites for hydroxylation is 1. The lowest BCUT2D eigenvalue weighted by Crippen LogP contribution is -2.21. The summed E-state index contributed by atoms with van der Waals surface area (Å²) in [4.78, 5) is 0. The molecule has 0 aliphatic heterocycles. The number of hydrogen-bond acceptors (Lipinski definition) is 4. The van der Waals surface area contributed by atoms with E-state index in [0.29, 0.717) is 5.75 Å². The zero-order valence-corrected chi connectivity index (χ0v) is 9.68. The van der Waals surface area contributed by atoms with Crippen LogP contribution in [0.3, 0.4) is 0 Å². The average molecular weight is 225 g/mol. The molecule has 4 N–H and O–H groups in total. The second-order valence-electron chi connectivity index (χ2n) is 3.96. The smallest absolute Gasteiger partial charge is 0.122 e. The van der Waals surface area contributed by atoms with Gasteiger partial charge in [-0.05, 0) is 31.0 Å². The Labute approximate surface area is 95.7 Å². The van der Waals surface area contributed by atoms with Gasteiger partial charge in [-0.15, -0.1) is 0 Å². The Balaban J connectivity index is 2.68. The van der Waals surface area contributed by atoms with Crippen molar-refractivity contribution < 1.29 is 14.9 Å². The van der Waals surface area contributed by atoms with Crippen LogP contribution in [0.4, 0.5) is 0 Å². The van der Waals surface area contributed by atoms with Gasteiger partial charge in [-0.2, -0.15) is 0 Å². The van der Waals surface area contributed by atoms with Gasteiger partial charge in [0.15, 0.2) is 0 Å². The molecule has 0 spiro atoms. The molecule has 1 aromatic rings. The lowest BCUT2D eigenvalue weighted by Gasteiger charge is -2.14. The fraction of sp³-hybridized carbons (Fsp3) is 0.500. The summed E-state index contributed by atoms with van der Waals surface area (Å²) in [6, 6.07) is 5.69. The molecule has 0 bridgehead atoms. The number of rotatable bonds is 5. The monoisotopic (exact) mass is 225 g/mol. The van der Waals surface area contributed by atoms with Crippen LogP contribution in [0.5, 0.6) is 5.75 Å². The van der Waals surface area contributed by atoms with Gasteiger partial charge < -0.3 is 20.7 Å². The lowest BCUT2D eigenvalue weighted by molar-refractivity contribution is 0.0534. The summed E-state index contributed by atoms with van der Waals surface area (Å²) in [5.74, 6) is 0.705.